The third-order valence-electron chi connectivity index (χ3n) is 4.43. The minimum atomic E-state index is -0.524. The van der Waals surface area contributed by atoms with Gasteiger partial charge in [0.15, 0.2) is 0 Å². The molecule has 5 heteroatoms. The lowest BCUT2D eigenvalue weighted by molar-refractivity contribution is -0.138. The Morgan fingerprint density at radius 2 is 1.64 bits per heavy atom. The molecule has 0 radical (unpaired) electrons. The second-order valence-electron chi connectivity index (χ2n) is 7.42. The summed E-state index contributed by atoms with van der Waals surface area (Å²) >= 11 is 1.49. The zero-order valence-corrected chi connectivity index (χ0v) is 18.0. The summed E-state index contributed by atoms with van der Waals surface area (Å²) in [5.41, 5.74) is 2.19. The van der Waals surface area contributed by atoms with Crippen molar-refractivity contribution in [2.75, 3.05) is 12.3 Å². The van der Waals surface area contributed by atoms with Crippen molar-refractivity contribution in [2.45, 2.75) is 45.2 Å². The molecule has 2 amide bonds. The normalized spacial score (nSPS) is 11.9. The Morgan fingerprint density at radius 1 is 1.00 bits per heavy atom. The zero-order chi connectivity index (χ0) is 20.5. The maximum atomic E-state index is 13.0. The molecule has 0 aliphatic carbocycles. The summed E-state index contributed by atoms with van der Waals surface area (Å²) in [7, 11) is 0. The summed E-state index contributed by atoms with van der Waals surface area (Å²) in [5, 5.41) is 2.95. The van der Waals surface area contributed by atoms with Gasteiger partial charge in [0.05, 0.1) is 5.75 Å². The van der Waals surface area contributed by atoms with E-state index in [0.29, 0.717) is 24.8 Å². The summed E-state index contributed by atoms with van der Waals surface area (Å²) in [6.07, 6.45) is 0. The zero-order valence-electron chi connectivity index (χ0n) is 17.1. The topological polar surface area (TPSA) is 49.4 Å². The highest BCUT2D eigenvalue weighted by atomic mass is 32.2. The van der Waals surface area contributed by atoms with Crippen LogP contribution in [0.25, 0.3) is 0 Å². The minimum Gasteiger partial charge on any atom is -0.354 e. The summed E-state index contributed by atoms with van der Waals surface area (Å²) in [6.45, 7) is 8.96. The first-order valence-corrected chi connectivity index (χ1v) is 10.7. The quantitative estimate of drug-likeness (QED) is 0.642. The smallest absolute Gasteiger partial charge is 0.242 e. The van der Waals surface area contributed by atoms with Gasteiger partial charge < -0.3 is 10.2 Å². The molecule has 0 bridgehead atoms. The third-order valence-corrected chi connectivity index (χ3v) is 5.43. The Morgan fingerprint density at radius 3 is 2.25 bits per heavy atom. The molecule has 2 rings (SSSR count). The van der Waals surface area contributed by atoms with Gasteiger partial charge in [0.25, 0.3) is 0 Å². The number of hydrogen-bond acceptors (Lipinski definition) is 3. The van der Waals surface area contributed by atoms with E-state index in [4.69, 9.17) is 0 Å². The van der Waals surface area contributed by atoms with Gasteiger partial charge in [-0.15, -0.1) is 11.8 Å². The van der Waals surface area contributed by atoms with E-state index in [0.717, 1.165) is 10.5 Å². The van der Waals surface area contributed by atoms with Crippen LogP contribution in [-0.4, -0.2) is 35.1 Å². The molecule has 0 spiro atoms. The summed E-state index contributed by atoms with van der Waals surface area (Å²) in [6, 6.07) is 17.4. The predicted octanol–water partition coefficient (Wildman–Crippen LogP) is 4.28. The number of aryl methyl sites for hydroxylation is 1. The molecular weight excluding hydrogens is 368 g/mol. The highest BCUT2D eigenvalue weighted by molar-refractivity contribution is 8.00. The van der Waals surface area contributed by atoms with Crippen LogP contribution >= 0.6 is 11.8 Å². The fourth-order valence-electron chi connectivity index (χ4n) is 2.67. The fourth-order valence-corrected chi connectivity index (χ4v) is 3.48. The first kappa shape index (κ1) is 22.0. The number of benzene rings is 2. The second-order valence-corrected chi connectivity index (χ2v) is 8.47. The lowest BCUT2D eigenvalue weighted by atomic mass is 10.1. The van der Waals surface area contributed by atoms with Crippen molar-refractivity contribution >= 4 is 23.6 Å². The Bertz CT molecular complexity index is 760. The lowest BCUT2D eigenvalue weighted by Crippen LogP contribution is -2.48. The molecule has 0 heterocycles. The second kappa shape index (κ2) is 10.9. The van der Waals surface area contributed by atoms with Crippen LogP contribution in [0.3, 0.4) is 0 Å². The Labute approximate surface area is 172 Å². The maximum Gasteiger partial charge on any atom is 0.242 e. The molecule has 1 unspecified atom stereocenters. The average molecular weight is 399 g/mol. The number of carbonyl (C=O) groups is 2. The molecule has 0 aliphatic heterocycles. The molecular formula is C23H30N2O2S. The number of carbonyl (C=O) groups excluding carboxylic acids is 2. The molecule has 28 heavy (non-hydrogen) atoms. The number of thioether (sulfide) groups is 1. The monoisotopic (exact) mass is 398 g/mol. The van der Waals surface area contributed by atoms with Crippen LogP contribution in [0.2, 0.25) is 0 Å². The van der Waals surface area contributed by atoms with Crippen LogP contribution < -0.4 is 5.32 Å². The number of hydrogen-bond donors (Lipinski definition) is 1. The highest BCUT2D eigenvalue weighted by Crippen LogP contribution is 2.19. The molecule has 0 saturated heterocycles. The summed E-state index contributed by atoms with van der Waals surface area (Å²) in [4.78, 5) is 28.3. The van der Waals surface area contributed by atoms with Crippen LogP contribution in [0.15, 0.2) is 59.5 Å². The van der Waals surface area contributed by atoms with Gasteiger partial charge in [0.2, 0.25) is 11.8 Å². The molecule has 0 aromatic heterocycles. The fraction of sp³-hybridized carbons (Fsp3) is 0.391. The molecule has 1 atom stereocenters. The van der Waals surface area contributed by atoms with E-state index < -0.39 is 6.04 Å². The molecule has 0 fully saturated rings. The van der Waals surface area contributed by atoms with Crippen molar-refractivity contribution in [1.29, 1.82) is 0 Å². The van der Waals surface area contributed by atoms with E-state index in [-0.39, 0.29) is 11.8 Å². The van der Waals surface area contributed by atoms with E-state index in [2.05, 4.69) is 19.2 Å². The largest absolute Gasteiger partial charge is 0.354 e. The molecule has 0 aliphatic rings. The highest BCUT2D eigenvalue weighted by Gasteiger charge is 2.26. The van der Waals surface area contributed by atoms with Gasteiger partial charge in [0, 0.05) is 18.0 Å². The molecule has 4 nitrogen and oxygen atoms in total. The van der Waals surface area contributed by atoms with Crippen molar-refractivity contribution < 1.29 is 9.59 Å². The number of amides is 2. The van der Waals surface area contributed by atoms with Crippen molar-refractivity contribution in [2.24, 2.45) is 5.92 Å². The molecule has 2 aromatic rings. The summed E-state index contributed by atoms with van der Waals surface area (Å²) < 4.78 is 0. The lowest BCUT2D eigenvalue weighted by Gasteiger charge is -2.29. The van der Waals surface area contributed by atoms with Crippen LogP contribution in [0.1, 0.15) is 31.9 Å². The van der Waals surface area contributed by atoms with E-state index in [9.17, 15) is 9.59 Å². The maximum absolute atomic E-state index is 13.0. The number of nitrogens with one attached hydrogen (secondary N) is 1. The Kier molecular flexibility index (Phi) is 8.58. The standard InChI is InChI=1S/C23H30N2O2S/c1-17(2)14-24-23(27)19(4)25(15-20-12-10-18(3)11-13-20)22(26)16-28-21-8-6-5-7-9-21/h5-13,17,19H,14-16H2,1-4H3,(H,24,27). The predicted molar refractivity (Wildman–Crippen MR) is 116 cm³/mol. The molecule has 0 saturated carbocycles. The van der Waals surface area contributed by atoms with Gasteiger partial charge in [-0.1, -0.05) is 61.9 Å². The van der Waals surface area contributed by atoms with Gasteiger partial charge in [0.1, 0.15) is 6.04 Å². The van der Waals surface area contributed by atoms with Gasteiger partial charge in [-0.25, -0.2) is 0 Å². The Hall–Kier alpha value is -2.27. The van der Waals surface area contributed by atoms with Crippen LogP contribution in [-0.2, 0) is 16.1 Å². The van der Waals surface area contributed by atoms with E-state index in [1.165, 1.54) is 17.3 Å². The summed E-state index contributed by atoms with van der Waals surface area (Å²) in [5.74, 6) is 0.518. The molecule has 2 aromatic carbocycles. The Balaban J connectivity index is 2.10. The van der Waals surface area contributed by atoms with Crippen molar-refractivity contribution in [3.05, 3.63) is 65.7 Å². The molecule has 1 N–H and O–H groups in total. The first-order valence-electron chi connectivity index (χ1n) is 9.67. The van der Waals surface area contributed by atoms with Crippen LogP contribution in [0.4, 0.5) is 0 Å². The van der Waals surface area contributed by atoms with E-state index >= 15 is 0 Å². The van der Waals surface area contributed by atoms with Crippen molar-refractivity contribution in [3.63, 3.8) is 0 Å². The average Bonchev–Trinajstić information content (AvgIpc) is 2.70. The number of rotatable bonds is 9. The van der Waals surface area contributed by atoms with Crippen molar-refractivity contribution in [3.8, 4) is 0 Å². The number of nitrogens with zero attached hydrogens (tertiary/aromatic N) is 1. The van der Waals surface area contributed by atoms with Gasteiger partial charge in [-0.3, -0.25) is 9.59 Å². The van der Waals surface area contributed by atoms with Gasteiger partial charge >= 0.3 is 0 Å². The van der Waals surface area contributed by atoms with Crippen LogP contribution in [0, 0.1) is 12.8 Å². The van der Waals surface area contributed by atoms with Crippen molar-refractivity contribution in [1.82, 2.24) is 10.2 Å². The first-order chi connectivity index (χ1) is 13.4. The van der Waals surface area contributed by atoms with E-state index in [1.807, 2.05) is 61.5 Å². The van der Waals surface area contributed by atoms with Gasteiger partial charge in [-0.05, 0) is 37.5 Å². The SMILES string of the molecule is Cc1ccc(CN(C(=O)CSc2ccccc2)C(C)C(=O)NCC(C)C)cc1. The van der Waals surface area contributed by atoms with E-state index in [1.54, 1.807) is 11.8 Å². The van der Waals surface area contributed by atoms with Gasteiger partial charge in [-0.2, -0.15) is 0 Å². The third kappa shape index (κ3) is 7.04. The minimum absolute atomic E-state index is 0.0402. The molecule has 150 valence electrons. The van der Waals surface area contributed by atoms with Crippen LogP contribution in [0.5, 0.6) is 0 Å².